The predicted octanol–water partition coefficient (Wildman–Crippen LogP) is 2.53. The Bertz CT molecular complexity index is 524. The van der Waals surface area contributed by atoms with E-state index in [1.165, 1.54) is 0 Å². The van der Waals surface area contributed by atoms with Crippen molar-refractivity contribution in [2.24, 2.45) is 5.92 Å². The fourth-order valence-corrected chi connectivity index (χ4v) is 2.84. The first-order valence-electron chi connectivity index (χ1n) is 7.25. The van der Waals surface area contributed by atoms with Gasteiger partial charge in [-0.1, -0.05) is 12.8 Å². The molecule has 0 spiro atoms. The average molecular weight is 302 g/mol. The van der Waals surface area contributed by atoms with Gasteiger partial charge in [-0.2, -0.15) is 13.2 Å². The summed E-state index contributed by atoms with van der Waals surface area (Å²) in [6.45, 7) is 0. The number of nitrogens with one attached hydrogen (secondary N) is 2. The first kappa shape index (κ1) is 14.3. The lowest BCUT2D eigenvalue weighted by Gasteiger charge is -2.33. The molecule has 2 aliphatic carbocycles. The van der Waals surface area contributed by atoms with E-state index in [1.807, 2.05) is 0 Å². The molecule has 0 saturated heterocycles. The van der Waals surface area contributed by atoms with Crippen molar-refractivity contribution in [1.29, 1.82) is 0 Å². The number of nitrogens with zero attached hydrogens (tertiary/aromatic N) is 2. The molecule has 1 heterocycles. The maximum Gasteiger partial charge on any atom is 0.393 e. The number of carbonyl (C=O) groups is 1. The molecule has 116 valence electrons. The SMILES string of the molecule is O=C(NC1CCCCC1C(F)(F)F)c1n[nH]c(C2CC2)n1. The Morgan fingerprint density at radius 2 is 1.90 bits per heavy atom. The molecule has 2 atom stereocenters. The Morgan fingerprint density at radius 1 is 1.19 bits per heavy atom. The third-order valence-electron chi connectivity index (χ3n) is 4.17. The Morgan fingerprint density at radius 3 is 2.57 bits per heavy atom. The number of aromatic nitrogens is 3. The molecule has 0 radical (unpaired) electrons. The van der Waals surface area contributed by atoms with Crippen LogP contribution in [0.15, 0.2) is 0 Å². The second kappa shape index (κ2) is 5.31. The number of H-pyrrole nitrogens is 1. The highest BCUT2D eigenvalue weighted by atomic mass is 19.4. The number of hydrogen-bond acceptors (Lipinski definition) is 3. The molecule has 0 aromatic carbocycles. The summed E-state index contributed by atoms with van der Waals surface area (Å²) in [6, 6.07) is -0.880. The van der Waals surface area contributed by atoms with Gasteiger partial charge in [-0.3, -0.25) is 9.89 Å². The second-order valence-corrected chi connectivity index (χ2v) is 5.83. The Kier molecular flexibility index (Phi) is 3.62. The standard InChI is InChI=1S/C13H17F3N4O/c14-13(15,16)8-3-1-2-4-9(8)17-12(21)11-18-10(19-20-11)7-5-6-7/h7-9H,1-6H2,(H,17,21)(H,18,19,20). The van der Waals surface area contributed by atoms with Gasteiger partial charge in [0.05, 0.1) is 5.92 Å². The normalized spacial score (nSPS) is 26.6. The van der Waals surface area contributed by atoms with Crippen molar-refractivity contribution in [3.8, 4) is 0 Å². The van der Waals surface area contributed by atoms with Gasteiger partial charge in [-0.25, -0.2) is 4.98 Å². The molecule has 1 aromatic rings. The number of rotatable bonds is 3. The number of amides is 1. The van der Waals surface area contributed by atoms with Crippen LogP contribution in [0.4, 0.5) is 13.2 Å². The lowest BCUT2D eigenvalue weighted by molar-refractivity contribution is -0.187. The maximum absolute atomic E-state index is 13.0. The molecule has 2 N–H and O–H groups in total. The van der Waals surface area contributed by atoms with Gasteiger partial charge >= 0.3 is 6.18 Å². The molecule has 0 aliphatic heterocycles. The maximum atomic E-state index is 13.0. The van der Waals surface area contributed by atoms with Crippen LogP contribution >= 0.6 is 0 Å². The molecule has 3 rings (SSSR count). The predicted molar refractivity (Wildman–Crippen MR) is 67.6 cm³/mol. The van der Waals surface area contributed by atoms with Gasteiger partial charge in [-0.05, 0) is 25.7 Å². The van der Waals surface area contributed by atoms with Crippen molar-refractivity contribution in [3.63, 3.8) is 0 Å². The smallest absolute Gasteiger partial charge is 0.346 e. The number of halogens is 3. The summed E-state index contributed by atoms with van der Waals surface area (Å²) in [5.74, 6) is -1.20. The molecular weight excluding hydrogens is 285 g/mol. The van der Waals surface area contributed by atoms with Gasteiger partial charge < -0.3 is 5.32 Å². The Labute approximate surface area is 119 Å². The number of aromatic amines is 1. The van der Waals surface area contributed by atoms with E-state index < -0.39 is 24.0 Å². The highest BCUT2D eigenvalue weighted by Crippen LogP contribution is 2.38. The average Bonchev–Trinajstić information content (AvgIpc) is 3.15. The number of alkyl halides is 3. The quantitative estimate of drug-likeness (QED) is 0.901. The molecule has 2 fully saturated rings. The molecular formula is C13H17F3N4O. The zero-order valence-corrected chi connectivity index (χ0v) is 11.4. The van der Waals surface area contributed by atoms with E-state index in [1.54, 1.807) is 0 Å². The molecule has 5 nitrogen and oxygen atoms in total. The van der Waals surface area contributed by atoms with Gasteiger partial charge in [0, 0.05) is 12.0 Å². The minimum atomic E-state index is -4.28. The third-order valence-corrected chi connectivity index (χ3v) is 4.17. The monoisotopic (exact) mass is 302 g/mol. The summed E-state index contributed by atoms with van der Waals surface area (Å²) in [5.41, 5.74) is 0. The van der Waals surface area contributed by atoms with E-state index in [2.05, 4.69) is 20.5 Å². The fourth-order valence-electron chi connectivity index (χ4n) is 2.84. The van der Waals surface area contributed by atoms with Gasteiger partial charge in [0.1, 0.15) is 5.82 Å². The van der Waals surface area contributed by atoms with Gasteiger partial charge in [-0.15, -0.1) is 5.10 Å². The summed E-state index contributed by atoms with van der Waals surface area (Å²) in [4.78, 5) is 16.1. The van der Waals surface area contributed by atoms with E-state index in [9.17, 15) is 18.0 Å². The summed E-state index contributed by atoms with van der Waals surface area (Å²) in [7, 11) is 0. The first-order chi connectivity index (χ1) is 9.95. The van der Waals surface area contributed by atoms with Gasteiger partial charge in [0.2, 0.25) is 5.82 Å². The molecule has 2 aliphatic rings. The van der Waals surface area contributed by atoms with Crippen molar-refractivity contribution >= 4 is 5.91 Å². The van der Waals surface area contributed by atoms with Crippen molar-refractivity contribution < 1.29 is 18.0 Å². The molecule has 1 aromatic heterocycles. The highest BCUT2D eigenvalue weighted by Gasteiger charge is 2.46. The van der Waals surface area contributed by atoms with Crippen LogP contribution in [-0.4, -0.2) is 33.3 Å². The minimum absolute atomic E-state index is 0.0652. The van der Waals surface area contributed by atoms with E-state index in [0.29, 0.717) is 31.0 Å². The zero-order chi connectivity index (χ0) is 15.0. The number of carbonyl (C=O) groups excluding carboxylic acids is 1. The van der Waals surface area contributed by atoms with Crippen LogP contribution in [0.5, 0.6) is 0 Å². The zero-order valence-electron chi connectivity index (χ0n) is 11.4. The lowest BCUT2D eigenvalue weighted by atomic mass is 9.84. The molecule has 8 heteroatoms. The van der Waals surface area contributed by atoms with Crippen LogP contribution in [0.1, 0.15) is 60.9 Å². The fraction of sp³-hybridized carbons (Fsp3) is 0.769. The van der Waals surface area contributed by atoms with Crippen LogP contribution in [0, 0.1) is 5.92 Å². The van der Waals surface area contributed by atoms with Crippen molar-refractivity contribution in [3.05, 3.63) is 11.6 Å². The molecule has 2 unspecified atom stereocenters. The van der Waals surface area contributed by atoms with E-state index in [0.717, 1.165) is 12.8 Å². The molecule has 2 saturated carbocycles. The van der Waals surface area contributed by atoms with Crippen LogP contribution in [-0.2, 0) is 0 Å². The third kappa shape index (κ3) is 3.19. The Balaban J connectivity index is 1.66. The summed E-state index contributed by atoms with van der Waals surface area (Å²) in [6.07, 6.45) is -0.617. The van der Waals surface area contributed by atoms with Crippen LogP contribution in [0.25, 0.3) is 0 Å². The van der Waals surface area contributed by atoms with Crippen LogP contribution < -0.4 is 5.32 Å². The minimum Gasteiger partial charge on any atom is -0.346 e. The number of hydrogen-bond donors (Lipinski definition) is 2. The Hall–Kier alpha value is -1.60. The second-order valence-electron chi connectivity index (χ2n) is 5.83. The summed E-state index contributed by atoms with van der Waals surface area (Å²) >= 11 is 0. The van der Waals surface area contributed by atoms with E-state index >= 15 is 0 Å². The molecule has 0 bridgehead atoms. The van der Waals surface area contributed by atoms with Crippen LogP contribution in [0.3, 0.4) is 0 Å². The molecule has 21 heavy (non-hydrogen) atoms. The largest absolute Gasteiger partial charge is 0.393 e. The van der Waals surface area contributed by atoms with E-state index in [-0.39, 0.29) is 12.2 Å². The highest BCUT2D eigenvalue weighted by molar-refractivity contribution is 5.90. The van der Waals surface area contributed by atoms with Crippen LogP contribution in [0.2, 0.25) is 0 Å². The van der Waals surface area contributed by atoms with Gasteiger partial charge in [0.15, 0.2) is 0 Å². The van der Waals surface area contributed by atoms with Crippen molar-refractivity contribution in [1.82, 2.24) is 20.5 Å². The summed E-state index contributed by atoms with van der Waals surface area (Å²) < 4.78 is 38.9. The molecule has 1 amide bonds. The summed E-state index contributed by atoms with van der Waals surface area (Å²) in [5, 5.41) is 8.94. The van der Waals surface area contributed by atoms with Crippen molar-refractivity contribution in [2.75, 3.05) is 0 Å². The first-order valence-corrected chi connectivity index (χ1v) is 7.25. The lowest BCUT2D eigenvalue weighted by Crippen LogP contribution is -2.47. The van der Waals surface area contributed by atoms with Crippen molar-refractivity contribution in [2.45, 2.75) is 56.7 Å². The van der Waals surface area contributed by atoms with Gasteiger partial charge in [0.25, 0.3) is 5.91 Å². The topological polar surface area (TPSA) is 70.7 Å². The van der Waals surface area contributed by atoms with E-state index in [4.69, 9.17) is 0 Å².